The van der Waals surface area contributed by atoms with Crippen molar-refractivity contribution in [2.75, 3.05) is 52.9 Å². The highest BCUT2D eigenvalue weighted by atomic mass is 16.7. The third-order valence-corrected chi connectivity index (χ3v) is 3.79. The highest BCUT2D eigenvalue weighted by molar-refractivity contribution is 6.20. The van der Waals surface area contributed by atoms with E-state index in [9.17, 15) is 14.4 Å². The highest BCUT2D eigenvalue weighted by Crippen LogP contribution is 2.22. The van der Waals surface area contributed by atoms with Crippen molar-refractivity contribution in [1.29, 1.82) is 0 Å². The topological polar surface area (TPSA) is 110 Å². The van der Waals surface area contributed by atoms with Gasteiger partial charge in [0.1, 0.15) is 12.2 Å². The molecule has 0 saturated heterocycles. The van der Waals surface area contributed by atoms with Crippen molar-refractivity contribution in [2.24, 2.45) is 0 Å². The normalized spacial score (nSPS) is 13.5. The monoisotopic (exact) mass is 439 g/mol. The Bertz CT molecular complexity index is 710. The lowest BCUT2D eigenvalue weighted by Crippen LogP contribution is -2.31. The van der Waals surface area contributed by atoms with Crippen molar-refractivity contribution in [2.45, 2.75) is 26.4 Å². The van der Waals surface area contributed by atoms with Crippen LogP contribution in [0.4, 0.5) is 4.79 Å². The first-order valence-electron chi connectivity index (χ1n) is 9.99. The smallest absolute Gasteiger partial charge is 0.432 e. The molecular formula is C21H29NO9. The number of nitrogens with zero attached hydrogens (tertiary/aromatic N) is 1. The summed E-state index contributed by atoms with van der Waals surface area (Å²) in [7, 11) is 0. The Balaban J connectivity index is 1.40. The van der Waals surface area contributed by atoms with Crippen LogP contribution in [0.2, 0.25) is 0 Å². The number of amides is 2. The SMILES string of the molecule is CC(C)(C)OC(=O)OCCOCCOCCOCCON1C(=O)c2ccccc2C1=O. The van der Waals surface area contributed by atoms with Crippen LogP contribution in [0.25, 0.3) is 0 Å². The highest BCUT2D eigenvalue weighted by Gasteiger charge is 2.36. The maximum absolute atomic E-state index is 12.1. The molecule has 0 aromatic heterocycles. The summed E-state index contributed by atoms with van der Waals surface area (Å²) in [4.78, 5) is 40.8. The van der Waals surface area contributed by atoms with Crippen LogP contribution in [0.5, 0.6) is 0 Å². The third kappa shape index (κ3) is 8.62. The maximum Gasteiger partial charge on any atom is 0.508 e. The van der Waals surface area contributed by atoms with Crippen LogP contribution in [-0.2, 0) is 28.5 Å². The van der Waals surface area contributed by atoms with E-state index >= 15 is 0 Å². The van der Waals surface area contributed by atoms with E-state index in [4.69, 9.17) is 28.5 Å². The van der Waals surface area contributed by atoms with Crippen molar-refractivity contribution in [1.82, 2.24) is 5.06 Å². The number of carbonyl (C=O) groups excluding carboxylic acids is 3. The van der Waals surface area contributed by atoms with Gasteiger partial charge in [0.2, 0.25) is 0 Å². The summed E-state index contributed by atoms with van der Waals surface area (Å²) in [5.74, 6) is -0.944. The largest absolute Gasteiger partial charge is 0.508 e. The summed E-state index contributed by atoms with van der Waals surface area (Å²) >= 11 is 0. The van der Waals surface area contributed by atoms with E-state index in [1.807, 2.05) is 0 Å². The molecule has 10 nitrogen and oxygen atoms in total. The molecule has 0 aliphatic carbocycles. The summed E-state index contributed by atoms with van der Waals surface area (Å²) in [6, 6.07) is 6.56. The molecule has 31 heavy (non-hydrogen) atoms. The van der Waals surface area contributed by atoms with Crippen LogP contribution < -0.4 is 0 Å². The van der Waals surface area contributed by atoms with E-state index in [1.165, 1.54) is 0 Å². The molecule has 0 radical (unpaired) electrons. The molecule has 0 unspecified atom stereocenters. The predicted molar refractivity (Wildman–Crippen MR) is 108 cm³/mol. The first kappa shape index (κ1) is 24.7. The molecule has 1 heterocycles. The minimum atomic E-state index is -0.725. The maximum atomic E-state index is 12.1. The Kier molecular flexibility index (Phi) is 9.86. The summed E-state index contributed by atoms with van der Waals surface area (Å²) in [6.07, 6.45) is -0.725. The molecular weight excluding hydrogens is 410 g/mol. The van der Waals surface area contributed by atoms with Crippen molar-refractivity contribution >= 4 is 18.0 Å². The Labute approximate surface area is 181 Å². The predicted octanol–water partition coefficient (Wildman–Crippen LogP) is 2.22. The lowest BCUT2D eigenvalue weighted by atomic mass is 10.1. The molecule has 1 aromatic rings. The van der Waals surface area contributed by atoms with E-state index in [-0.39, 0.29) is 26.4 Å². The first-order chi connectivity index (χ1) is 14.8. The fraction of sp³-hybridized carbons (Fsp3) is 0.571. The number of rotatable bonds is 13. The Hall–Kier alpha value is -2.53. The van der Waals surface area contributed by atoms with Gasteiger partial charge in [-0.1, -0.05) is 12.1 Å². The number of hydrogen-bond acceptors (Lipinski definition) is 9. The lowest BCUT2D eigenvalue weighted by molar-refractivity contribution is -0.108. The molecule has 1 aliphatic rings. The van der Waals surface area contributed by atoms with Gasteiger partial charge in [0.25, 0.3) is 11.8 Å². The van der Waals surface area contributed by atoms with Gasteiger partial charge in [-0.25, -0.2) is 4.79 Å². The van der Waals surface area contributed by atoms with E-state index in [0.717, 1.165) is 5.06 Å². The molecule has 0 atom stereocenters. The molecule has 1 aliphatic heterocycles. The van der Waals surface area contributed by atoms with Gasteiger partial charge >= 0.3 is 6.16 Å². The van der Waals surface area contributed by atoms with Crippen LogP contribution in [0.1, 0.15) is 41.5 Å². The van der Waals surface area contributed by atoms with Crippen LogP contribution in [0, 0.1) is 0 Å². The zero-order valence-corrected chi connectivity index (χ0v) is 18.1. The van der Waals surface area contributed by atoms with Gasteiger partial charge < -0.3 is 23.7 Å². The lowest BCUT2D eigenvalue weighted by Gasteiger charge is -2.18. The summed E-state index contributed by atoms with van der Waals surface area (Å²) in [5.41, 5.74) is 0.0791. The number of benzene rings is 1. The second-order valence-electron chi connectivity index (χ2n) is 7.43. The van der Waals surface area contributed by atoms with Crippen LogP contribution in [-0.4, -0.2) is 81.5 Å². The van der Waals surface area contributed by atoms with Gasteiger partial charge in [-0.2, -0.15) is 0 Å². The average Bonchev–Trinajstić information content (AvgIpc) is 2.95. The van der Waals surface area contributed by atoms with Crippen molar-refractivity contribution in [3.63, 3.8) is 0 Å². The summed E-state index contributed by atoms with van der Waals surface area (Å²) < 4.78 is 25.8. The minimum Gasteiger partial charge on any atom is -0.432 e. The Morgan fingerprint density at radius 1 is 0.774 bits per heavy atom. The zero-order valence-electron chi connectivity index (χ0n) is 18.1. The second-order valence-corrected chi connectivity index (χ2v) is 7.43. The second kappa shape index (κ2) is 12.4. The van der Waals surface area contributed by atoms with Gasteiger partial charge in [0.05, 0.1) is 57.4 Å². The van der Waals surface area contributed by atoms with Gasteiger partial charge in [-0.15, -0.1) is 5.06 Å². The minimum absolute atomic E-state index is 0.0617. The van der Waals surface area contributed by atoms with Crippen molar-refractivity contribution in [3.05, 3.63) is 35.4 Å². The quantitative estimate of drug-likeness (QED) is 0.259. The van der Waals surface area contributed by atoms with E-state index in [0.29, 0.717) is 37.6 Å². The van der Waals surface area contributed by atoms with E-state index < -0.39 is 23.6 Å². The molecule has 0 saturated carbocycles. The third-order valence-electron chi connectivity index (χ3n) is 3.79. The fourth-order valence-electron chi connectivity index (χ4n) is 2.48. The molecule has 2 amide bonds. The molecule has 0 fully saturated rings. The molecule has 0 bridgehead atoms. The fourth-order valence-corrected chi connectivity index (χ4v) is 2.48. The number of fused-ring (bicyclic) bond motifs is 1. The zero-order chi connectivity index (χ0) is 22.7. The Morgan fingerprint density at radius 2 is 1.23 bits per heavy atom. The molecule has 0 spiro atoms. The Morgan fingerprint density at radius 3 is 1.71 bits per heavy atom. The number of ether oxygens (including phenoxy) is 5. The van der Waals surface area contributed by atoms with Gasteiger partial charge in [-0.05, 0) is 32.9 Å². The van der Waals surface area contributed by atoms with Crippen LogP contribution in [0.15, 0.2) is 24.3 Å². The van der Waals surface area contributed by atoms with Crippen LogP contribution >= 0.6 is 0 Å². The number of hydroxylamine groups is 2. The standard InChI is InChI=1S/C21H29NO9/c1-21(2,3)31-20(25)29-14-12-27-10-8-26-9-11-28-13-15-30-22-18(23)16-6-4-5-7-17(16)19(22)24/h4-7H,8-15H2,1-3H3. The summed E-state index contributed by atoms with van der Waals surface area (Å²) in [6.45, 7) is 7.27. The van der Waals surface area contributed by atoms with E-state index in [1.54, 1.807) is 45.0 Å². The molecule has 0 N–H and O–H groups in total. The van der Waals surface area contributed by atoms with Gasteiger partial charge in [0.15, 0.2) is 0 Å². The van der Waals surface area contributed by atoms with Gasteiger partial charge in [-0.3, -0.25) is 14.4 Å². The number of imide groups is 1. The van der Waals surface area contributed by atoms with Crippen LogP contribution in [0.3, 0.4) is 0 Å². The van der Waals surface area contributed by atoms with Crippen molar-refractivity contribution < 1.29 is 42.9 Å². The average molecular weight is 439 g/mol. The van der Waals surface area contributed by atoms with Gasteiger partial charge in [0, 0.05) is 0 Å². The first-order valence-corrected chi connectivity index (χ1v) is 9.99. The molecule has 1 aromatic carbocycles. The summed E-state index contributed by atoms with van der Waals surface area (Å²) in [5, 5.41) is 0.758. The molecule has 2 rings (SSSR count). The van der Waals surface area contributed by atoms with E-state index in [2.05, 4.69) is 0 Å². The molecule has 10 heteroatoms. The number of carbonyl (C=O) groups is 3. The number of hydrogen-bond donors (Lipinski definition) is 0. The van der Waals surface area contributed by atoms with Crippen molar-refractivity contribution in [3.8, 4) is 0 Å². The molecule has 172 valence electrons.